The Morgan fingerprint density at radius 1 is 1.19 bits per heavy atom. The van der Waals surface area contributed by atoms with E-state index in [2.05, 4.69) is 5.10 Å². The fourth-order valence-corrected chi connectivity index (χ4v) is 2.39. The summed E-state index contributed by atoms with van der Waals surface area (Å²) in [4.78, 5) is 0. The average molecular weight is 289 g/mol. The summed E-state index contributed by atoms with van der Waals surface area (Å²) in [6.07, 6.45) is 0.155. The first kappa shape index (κ1) is 13.4. The Hall–Kier alpha value is -2.63. The third kappa shape index (κ3) is 2.40. The standard InChI is InChI=1S/C15H13F2N3O/c16-11-5-10-6-13(21-14(10)7-12(11)17)8-2-1-3-9(4-8)15(18)20-19/h1-5,7,13H,6,19H2,(H2,18,20). The molecule has 0 aromatic heterocycles. The normalized spacial score (nSPS) is 17.4. The zero-order valence-corrected chi connectivity index (χ0v) is 11.0. The second-order valence-corrected chi connectivity index (χ2v) is 4.82. The highest BCUT2D eigenvalue weighted by Crippen LogP contribution is 2.37. The van der Waals surface area contributed by atoms with Gasteiger partial charge in [-0.1, -0.05) is 18.2 Å². The summed E-state index contributed by atoms with van der Waals surface area (Å²) in [7, 11) is 0. The Balaban J connectivity index is 1.91. The van der Waals surface area contributed by atoms with Crippen molar-refractivity contribution in [2.24, 2.45) is 16.7 Å². The number of hydrogen-bond acceptors (Lipinski definition) is 3. The van der Waals surface area contributed by atoms with Crippen molar-refractivity contribution in [3.8, 4) is 5.75 Å². The lowest BCUT2D eigenvalue weighted by molar-refractivity contribution is 0.238. The maximum atomic E-state index is 13.2. The molecule has 0 saturated heterocycles. The van der Waals surface area contributed by atoms with Gasteiger partial charge in [0.1, 0.15) is 17.7 Å². The molecule has 1 heterocycles. The minimum absolute atomic E-state index is 0.212. The lowest BCUT2D eigenvalue weighted by Gasteiger charge is -2.12. The molecule has 0 spiro atoms. The van der Waals surface area contributed by atoms with Crippen molar-refractivity contribution in [1.29, 1.82) is 0 Å². The summed E-state index contributed by atoms with van der Waals surface area (Å²) in [5, 5.41) is 3.44. The molecular weight excluding hydrogens is 276 g/mol. The van der Waals surface area contributed by atoms with Crippen LogP contribution < -0.4 is 16.3 Å². The highest BCUT2D eigenvalue weighted by atomic mass is 19.2. The van der Waals surface area contributed by atoms with E-state index in [0.29, 0.717) is 23.3 Å². The average Bonchev–Trinajstić information content (AvgIpc) is 2.90. The van der Waals surface area contributed by atoms with Crippen molar-refractivity contribution in [3.63, 3.8) is 0 Å². The highest BCUT2D eigenvalue weighted by molar-refractivity contribution is 5.97. The minimum Gasteiger partial charge on any atom is -0.485 e. The Morgan fingerprint density at radius 2 is 1.95 bits per heavy atom. The van der Waals surface area contributed by atoms with Crippen molar-refractivity contribution in [1.82, 2.24) is 0 Å². The molecule has 0 amide bonds. The van der Waals surface area contributed by atoms with Crippen LogP contribution in [-0.4, -0.2) is 5.84 Å². The molecule has 0 saturated carbocycles. The van der Waals surface area contributed by atoms with Crippen LogP contribution in [0.3, 0.4) is 0 Å². The third-order valence-electron chi connectivity index (χ3n) is 3.47. The van der Waals surface area contributed by atoms with Gasteiger partial charge in [-0.2, -0.15) is 5.10 Å². The summed E-state index contributed by atoms with van der Waals surface area (Å²) >= 11 is 0. The molecule has 1 unspecified atom stereocenters. The lowest BCUT2D eigenvalue weighted by atomic mass is 10.0. The third-order valence-corrected chi connectivity index (χ3v) is 3.47. The smallest absolute Gasteiger partial charge is 0.162 e. The van der Waals surface area contributed by atoms with E-state index in [-0.39, 0.29) is 11.9 Å². The second-order valence-electron chi connectivity index (χ2n) is 4.82. The van der Waals surface area contributed by atoms with Crippen LogP contribution in [0.5, 0.6) is 5.75 Å². The van der Waals surface area contributed by atoms with Gasteiger partial charge in [-0.05, 0) is 17.7 Å². The van der Waals surface area contributed by atoms with Gasteiger partial charge in [0, 0.05) is 23.6 Å². The monoisotopic (exact) mass is 289 g/mol. The predicted molar refractivity (Wildman–Crippen MR) is 74.8 cm³/mol. The fraction of sp³-hybridized carbons (Fsp3) is 0.133. The van der Waals surface area contributed by atoms with Gasteiger partial charge in [-0.25, -0.2) is 8.78 Å². The first-order chi connectivity index (χ1) is 10.1. The number of halogens is 2. The van der Waals surface area contributed by atoms with Crippen LogP contribution in [0, 0.1) is 11.6 Å². The number of hydrazone groups is 1. The molecule has 3 rings (SSSR count). The van der Waals surface area contributed by atoms with Crippen LogP contribution in [0.2, 0.25) is 0 Å². The summed E-state index contributed by atoms with van der Waals surface area (Å²) in [6.45, 7) is 0. The Labute approximate surface area is 120 Å². The van der Waals surface area contributed by atoms with Gasteiger partial charge in [0.25, 0.3) is 0 Å². The van der Waals surface area contributed by atoms with Gasteiger partial charge in [-0.15, -0.1) is 0 Å². The van der Waals surface area contributed by atoms with Crippen molar-refractivity contribution >= 4 is 5.84 Å². The predicted octanol–water partition coefficient (Wildman–Crippen LogP) is 2.22. The van der Waals surface area contributed by atoms with Gasteiger partial charge in [0.2, 0.25) is 0 Å². The maximum absolute atomic E-state index is 13.2. The van der Waals surface area contributed by atoms with Gasteiger partial charge in [0.05, 0.1) is 0 Å². The largest absolute Gasteiger partial charge is 0.485 e. The summed E-state index contributed by atoms with van der Waals surface area (Å²) < 4.78 is 32.1. The lowest BCUT2D eigenvalue weighted by Crippen LogP contribution is -2.16. The summed E-state index contributed by atoms with van der Waals surface area (Å²) in [6, 6.07) is 9.48. The Morgan fingerprint density at radius 3 is 2.71 bits per heavy atom. The van der Waals surface area contributed by atoms with Gasteiger partial charge in [-0.3, -0.25) is 0 Å². The maximum Gasteiger partial charge on any atom is 0.162 e. The van der Waals surface area contributed by atoms with E-state index in [0.717, 1.165) is 11.6 Å². The van der Waals surface area contributed by atoms with E-state index in [4.69, 9.17) is 16.3 Å². The van der Waals surface area contributed by atoms with Crippen molar-refractivity contribution in [2.75, 3.05) is 0 Å². The van der Waals surface area contributed by atoms with E-state index in [1.54, 1.807) is 18.2 Å². The molecule has 0 fully saturated rings. The van der Waals surface area contributed by atoms with Crippen molar-refractivity contribution < 1.29 is 13.5 Å². The van der Waals surface area contributed by atoms with Gasteiger partial charge >= 0.3 is 0 Å². The van der Waals surface area contributed by atoms with Crippen molar-refractivity contribution in [2.45, 2.75) is 12.5 Å². The van der Waals surface area contributed by atoms with Crippen LogP contribution in [-0.2, 0) is 6.42 Å². The molecule has 2 aromatic rings. The number of rotatable bonds is 2. The highest BCUT2D eigenvalue weighted by Gasteiger charge is 2.26. The van der Waals surface area contributed by atoms with Crippen molar-refractivity contribution in [3.05, 3.63) is 64.7 Å². The zero-order valence-electron chi connectivity index (χ0n) is 11.0. The summed E-state index contributed by atoms with van der Waals surface area (Å²) in [5.41, 5.74) is 7.83. The Bertz CT molecular complexity index is 700. The molecule has 4 N–H and O–H groups in total. The molecular formula is C15H13F2N3O. The van der Waals surface area contributed by atoms with Crippen LogP contribution in [0.4, 0.5) is 8.78 Å². The van der Waals surface area contributed by atoms with Crippen LogP contribution in [0.1, 0.15) is 22.8 Å². The molecule has 0 bridgehead atoms. The number of hydrogen-bond donors (Lipinski definition) is 2. The quantitative estimate of drug-likeness (QED) is 0.385. The zero-order chi connectivity index (χ0) is 15.0. The fourth-order valence-electron chi connectivity index (χ4n) is 2.39. The molecule has 21 heavy (non-hydrogen) atoms. The van der Waals surface area contributed by atoms with Crippen LogP contribution in [0.25, 0.3) is 0 Å². The SMILES string of the molecule is N/N=C(\N)c1cccc(C2Cc3cc(F)c(F)cc3O2)c1. The molecule has 1 aliphatic rings. The first-order valence-corrected chi connectivity index (χ1v) is 6.36. The van der Waals surface area contributed by atoms with E-state index in [1.807, 2.05) is 6.07 Å². The van der Waals surface area contributed by atoms with E-state index >= 15 is 0 Å². The molecule has 108 valence electrons. The molecule has 6 heteroatoms. The first-order valence-electron chi connectivity index (χ1n) is 6.36. The molecule has 1 aliphatic heterocycles. The number of nitrogens with two attached hydrogens (primary N) is 2. The number of nitrogens with zero attached hydrogens (tertiary/aromatic N) is 1. The number of benzene rings is 2. The van der Waals surface area contributed by atoms with Crippen LogP contribution >= 0.6 is 0 Å². The molecule has 4 nitrogen and oxygen atoms in total. The Kier molecular flexibility index (Phi) is 3.21. The minimum atomic E-state index is -0.914. The van der Waals surface area contributed by atoms with Gasteiger partial charge < -0.3 is 16.3 Å². The topological polar surface area (TPSA) is 73.6 Å². The second kappa shape index (κ2) is 5.05. The van der Waals surface area contributed by atoms with Gasteiger partial charge in [0.15, 0.2) is 11.6 Å². The van der Waals surface area contributed by atoms with E-state index < -0.39 is 11.6 Å². The number of fused-ring (bicyclic) bond motifs is 1. The van der Waals surface area contributed by atoms with Crippen LogP contribution in [0.15, 0.2) is 41.5 Å². The van der Waals surface area contributed by atoms with E-state index in [1.165, 1.54) is 6.07 Å². The molecule has 1 atom stereocenters. The number of ether oxygens (including phenoxy) is 1. The summed E-state index contributed by atoms with van der Waals surface area (Å²) in [5.74, 6) is 3.95. The number of amidine groups is 1. The molecule has 0 aliphatic carbocycles. The van der Waals surface area contributed by atoms with E-state index in [9.17, 15) is 8.78 Å². The molecule has 0 radical (unpaired) electrons. The molecule has 2 aromatic carbocycles.